The molecule has 4 aromatic rings. The van der Waals surface area contributed by atoms with Crippen molar-refractivity contribution in [1.29, 1.82) is 0 Å². The van der Waals surface area contributed by atoms with E-state index in [0.29, 0.717) is 45.2 Å². The van der Waals surface area contributed by atoms with Gasteiger partial charge < -0.3 is 19.2 Å². The third-order valence-electron chi connectivity index (χ3n) is 4.89. The number of amides is 1. The zero-order chi connectivity index (χ0) is 22.7. The fourth-order valence-corrected chi connectivity index (χ4v) is 3.62. The van der Waals surface area contributed by atoms with Crippen LogP contribution in [0, 0.1) is 0 Å². The molecule has 0 aliphatic carbocycles. The Morgan fingerprint density at radius 1 is 1.00 bits per heavy atom. The molecule has 0 bridgehead atoms. The van der Waals surface area contributed by atoms with Crippen molar-refractivity contribution in [3.8, 4) is 11.5 Å². The van der Waals surface area contributed by atoms with Crippen molar-refractivity contribution < 1.29 is 23.5 Å². The molecule has 7 heteroatoms. The van der Waals surface area contributed by atoms with Crippen molar-refractivity contribution in [1.82, 2.24) is 0 Å². The number of benzene rings is 3. The summed E-state index contributed by atoms with van der Waals surface area (Å²) in [7, 11) is 1.49. The average Bonchev–Trinajstić information content (AvgIpc) is 3.18. The van der Waals surface area contributed by atoms with Gasteiger partial charge in [-0.1, -0.05) is 35.9 Å². The highest BCUT2D eigenvalue weighted by molar-refractivity contribution is 6.32. The van der Waals surface area contributed by atoms with Gasteiger partial charge in [0.2, 0.25) is 5.78 Å². The van der Waals surface area contributed by atoms with Crippen LogP contribution in [-0.2, 0) is 0 Å². The summed E-state index contributed by atoms with van der Waals surface area (Å²) in [5.41, 5.74) is 1.41. The first-order chi connectivity index (χ1) is 15.5. The number of ketones is 1. The average molecular weight is 450 g/mol. The van der Waals surface area contributed by atoms with Crippen LogP contribution < -0.4 is 14.8 Å². The molecule has 0 atom stereocenters. The van der Waals surface area contributed by atoms with Gasteiger partial charge in [0, 0.05) is 10.9 Å². The van der Waals surface area contributed by atoms with Crippen molar-refractivity contribution in [2.75, 3.05) is 19.0 Å². The Hall–Kier alpha value is -3.77. The van der Waals surface area contributed by atoms with Gasteiger partial charge in [-0.25, -0.2) is 0 Å². The van der Waals surface area contributed by atoms with Gasteiger partial charge in [-0.15, -0.1) is 0 Å². The molecule has 1 heterocycles. The number of hydrogen-bond acceptors (Lipinski definition) is 5. The highest BCUT2D eigenvalue weighted by atomic mass is 35.5. The van der Waals surface area contributed by atoms with E-state index in [1.54, 1.807) is 60.7 Å². The van der Waals surface area contributed by atoms with Crippen molar-refractivity contribution in [2.45, 2.75) is 6.92 Å². The molecule has 1 aromatic heterocycles. The molecule has 1 N–H and O–H groups in total. The number of para-hydroxylation sites is 2. The predicted octanol–water partition coefficient (Wildman–Crippen LogP) is 5.98. The van der Waals surface area contributed by atoms with Gasteiger partial charge in [0.1, 0.15) is 17.1 Å². The smallest absolute Gasteiger partial charge is 0.259 e. The number of ether oxygens (including phenoxy) is 2. The molecule has 0 saturated heterocycles. The van der Waals surface area contributed by atoms with Crippen LogP contribution in [0.25, 0.3) is 11.0 Å². The number of furan rings is 1. The van der Waals surface area contributed by atoms with Crippen molar-refractivity contribution >= 4 is 39.9 Å². The van der Waals surface area contributed by atoms with Gasteiger partial charge in [0.05, 0.1) is 30.0 Å². The minimum absolute atomic E-state index is 0.00896. The summed E-state index contributed by atoms with van der Waals surface area (Å²) in [4.78, 5) is 26.4. The van der Waals surface area contributed by atoms with Gasteiger partial charge in [-0.2, -0.15) is 0 Å². The maximum absolute atomic E-state index is 13.3. The molecule has 0 radical (unpaired) electrons. The Morgan fingerprint density at radius 3 is 2.50 bits per heavy atom. The van der Waals surface area contributed by atoms with Gasteiger partial charge in [0.25, 0.3) is 5.91 Å². The van der Waals surface area contributed by atoms with E-state index in [-0.39, 0.29) is 11.4 Å². The van der Waals surface area contributed by atoms with E-state index in [4.69, 9.17) is 25.5 Å². The number of carbonyl (C=O) groups is 2. The van der Waals surface area contributed by atoms with Crippen LogP contribution in [0.5, 0.6) is 11.5 Å². The number of carbonyl (C=O) groups excluding carboxylic acids is 2. The number of rotatable bonds is 7. The summed E-state index contributed by atoms with van der Waals surface area (Å²) in [5.74, 6) is 0.0768. The summed E-state index contributed by atoms with van der Waals surface area (Å²) >= 11 is 6.26. The fourth-order valence-electron chi connectivity index (χ4n) is 3.39. The molecular weight excluding hydrogens is 430 g/mol. The maximum Gasteiger partial charge on any atom is 0.259 e. The van der Waals surface area contributed by atoms with E-state index < -0.39 is 11.7 Å². The summed E-state index contributed by atoms with van der Waals surface area (Å²) in [6.45, 7) is 2.30. The summed E-state index contributed by atoms with van der Waals surface area (Å²) in [6.07, 6.45) is 0. The van der Waals surface area contributed by atoms with Crippen molar-refractivity contribution in [3.63, 3.8) is 0 Å². The molecule has 32 heavy (non-hydrogen) atoms. The molecule has 0 spiro atoms. The van der Waals surface area contributed by atoms with Crippen LogP contribution in [0.2, 0.25) is 5.02 Å². The van der Waals surface area contributed by atoms with E-state index in [2.05, 4.69) is 5.32 Å². The molecule has 6 nitrogen and oxygen atoms in total. The second-order valence-electron chi connectivity index (χ2n) is 6.86. The van der Waals surface area contributed by atoms with Crippen LogP contribution in [0.15, 0.2) is 71.1 Å². The van der Waals surface area contributed by atoms with Gasteiger partial charge in [-0.3, -0.25) is 9.59 Å². The molecule has 0 aliphatic heterocycles. The quantitative estimate of drug-likeness (QED) is 0.351. The fraction of sp³-hybridized carbons (Fsp3) is 0.120. The van der Waals surface area contributed by atoms with Crippen molar-refractivity contribution in [3.05, 3.63) is 88.6 Å². The minimum atomic E-state index is -0.423. The largest absolute Gasteiger partial charge is 0.496 e. The third-order valence-corrected chi connectivity index (χ3v) is 5.18. The van der Waals surface area contributed by atoms with Gasteiger partial charge in [-0.05, 0) is 49.4 Å². The Bertz CT molecular complexity index is 1310. The maximum atomic E-state index is 13.3. The Balaban J connectivity index is 1.76. The minimum Gasteiger partial charge on any atom is -0.496 e. The highest BCUT2D eigenvalue weighted by Crippen LogP contribution is 2.34. The standard InChI is InChI=1S/C25H20ClNO5/c1-3-31-21-13-12-15(14-18(21)26)23(28)24-22(16-8-4-7-11-20(16)32-24)27-25(29)17-9-5-6-10-19(17)30-2/h4-14H,3H2,1-2H3,(H,27,29). The molecule has 0 fully saturated rings. The van der Waals surface area contributed by atoms with Crippen LogP contribution >= 0.6 is 11.6 Å². The Kier molecular flexibility index (Phi) is 6.14. The number of anilines is 1. The lowest BCUT2D eigenvalue weighted by Gasteiger charge is -2.10. The monoisotopic (exact) mass is 449 g/mol. The lowest BCUT2D eigenvalue weighted by atomic mass is 10.1. The first-order valence-corrected chi connectivity index (χ1v) is 10.3. The molecule has 162 valence electrons. The molecule has 0 saturated carbocycles. The van der Waals surface area contributed by atoms with Crippen LogP contribution in [0.1, 0.15) is 33.4 Å². The topological polar surface area (TPSA) is 77.8 Å². The van der Waals surface area contributed by atoms with Crippen LogP contribution in [0.4, 0.5) is 5.69 Å². The number of fused-ring (bicyclic) bond motifs is 1. The zero-order valence-corrected chi connectivity index (χ0v) is 18.2. The number of nitrogens with one attached hydrogen (secondary N) is 1. The van der Waals surface area contributed by atoms with E-state index in [0.717, 1.165) is 0 Å². The van der Waals surface area contributed by atoms with Crippen molar-refractivity contribution in [2.24, 2.45) is 0 Å². The highest BCUT2D eigenvalue weighted by Gasteiger charge is 2.25. The summed E-state index contributed by atoms with van der Waals surface area (Å²) in [6, 6.07) is 18.7. The van der Waals surface area contributed by atoms with E-state index >= 15 is 0 Å². The first-order valence-electron chi connectivity index (χ1n) is 9.96. The third kappa shape index (κ3) is 4.05. The van der Waals surface area contributed by atoms with Gasteiger partial charge >= 0.3 is 0 Å². The molecular formula is C25H20ClNO5. The second-order valence-corrected chi connectivity index (χ2v) is 7.27. The molecule has 0 unspecified atom stereocenters. The number of methoxy groups -OCH3 is 1. The lowest BCUT2D eigenvalue weighted by molar-refractivity contribution is 0.101. The zero-order valence-electron chi connectivity index (χ0n) is 17.5. The normalized spacial score (nSPS) is 10.7. The summed E-state index contributed by atoms with van der Waals surface area (Å²) in [5, 5.41) is 3.75. The van der Waals surface area contributed by atoms with Crippen LogP contribution in [0.3, 0.4) is 0 Å². The number of hydrogen-bond donors (Lipinski definition) is 1. The predicted molar refractivity (Wildman–Crippen MR) is 123 cm³/mol. The second kappa shape index (κ2) is 9.16. The molecule has 1 amide bonds. The summed E-state index contributed by atoms with van der Waals surface area (Å²) < 4.78 is 16.6. The number of halogens is 1. The van der Waals surface area contributed by atoms with Crippen LogP contribution in [-0.4, -0.2) is 25.4 Å². The van der Waals surface area contributed by atoms with Gasteiger partial charge in [0.15, 0.2) is 5.76 Å². The molecule has 4 rings (SSSR count). The Morgan fingerprint density at radius 2 is 1.75 bits per heavy atom. The van der Waals surface area contributed by atoms with E-state index in [9.17, 15) is 9.59 Å². The molecule has 0 aliphatic rings. The first kappa shape index (κ1) is 21.5. The van der Waals surface area contributed by atoms with E-state index in [1.807, 2.05) is 6.92 Å². The lowest BCUT2D eigenvalue weighted by Crippen LogP contribution is -2.15. The Labute approximate surface area is 189 Å². The SMILES string of the molecule is CCOc1ccc(C(=O)c2oc3ccccc3c2NC(=O)c2ccccc2OC)cc1Cl. The molecule has 3 aromatic carbocycles. The van der Waals surface area contributed by atoms with E-state index in [1.165, 1.54) is 13.2 Å².